The predicted octanol–water partition coefficient (Wildman–Crippen LogP) is 2.99. The van der Waals surface area contributed by atoms with Gasteiger partial charge in [-0.15, -0.1) is 0 Å². The lowest BCUT2D eigenvalue weighted by Crippen LogP contribution is -2.25. The Morgan fingerprint density at radius 3 is 2.38 bits per heavy atom. The molecule has 1 nitrogen and oxygen atoms in total. The third-order valence-corrected chi connectivity index (χ3v) is 3.71. The van der Waals surface area contributed by atoms with Gasteiger partial charge in [-0.3, -0.25) is 0 Å². The zero-order valence-electron chi connectivity index (χ0n) is 9.69. The molecule has 1 aliphatic rings. The first-order valence-corrected chi connectivity index (χ1v) is 5.67. The minimum atomic E-state index is -0.482. The quantitative estimate of drug-likeness (QED) is 0.816. The predicted molar refractivity (Wildman–Crippen MR) is 60.4 cm³/mol. The van der Waals surface area contributed by atoms with Gasteiger partial charge in [0.1, 0.15) is 11.6 Å². The van der Waals surface area contributed by atoms with Gasteiger partial charge in [-0.2, -0.15) is 0 Å². The van der Waals surface area contributed by atoms with Crippen LogP contribution in [0.2, 0.25) is 0 Å². The molecule has 3 heteroatoms. The van der Waals surface area contributed by atoms with Crippen molar-refractivity contribution in [2.75, 3.05) is 7.05 Å². The molecule has 0 aromatic heterocycles. The molecule has 0 heterocycles. The van der Waals surface area contributed by atoms with Gasteiger partial charge in [-0.05, 0) is 49.4 Å². The van der Waals surface area contributed by atoms with E-state index in [4.69, 9.17) is 0 Å². The Bertz CT molecular complexity index is 371. The molecule has 1 saturated carbocycles. The van der Waals surface area contributed by atoms with Crippen molar-refractivity contribution < 1.29 is 8.78 Å². The van der Waals surface area contributed by atoms with E-state index < -0.39 is 11.6 Å². The molecule has 2 unspecified atom stereocenters. The molecule has 1 aromatic rings. The molecule has 1 aliphatic carbocycles. The molecule has 2 rings (SSSR count). The van der Waals surface area contributed by atoms with Crippen LogP contribution in [-0.4, -0.2) is 13.1 Å². The van der Waals surface area contributed by atoms with Crippen LogP contribution in [0.15, 0.2) is 18.2 Å². The van der Waals surface area contributed by atoms with E-state index in [1.807, 2.05) is 7.05 Å². The molecule has 0 saturated heterocycles. The molecule has 0 aliphatic heterocycles. The topological polar surface area (TPSA) is 12.0 Å². The first-order chi connectivity index (χ1) is 7.53. The molecular formula is C13H17F2N. The van der Waals surface area contributed by atoms with Gasteiger partial charge < -0.3 is 5.32 Å². The van der Waals surface area contributed by atoms with Crippen LogP contribution in [0.25, 0.3) is 0 Å². The monoisotopic (exact) mass is 225 g/mol. The zero-order valence-corrected chi connectivity index (χ0v) is 9.69. The maximum Gasteiger partial charge on any atom is 0.126 e. The molecule has 0 amide bonds. The van der Waals surface area contributed by atoms with Gasteiger partial charge in [0, 0.05) is 12.1 Å². The summed E-state index contributed by atoms with van der Waals surface area (Å²) in [5, 5.41) is 3.23. The van der Waals surface area contributed by atoms with Gasteiger partial charge in [0.15, 0.2) is 0 Å². The first kappa shape index (κ1) is 11.5. The van der Waals surface area contributed by atoms with Gasteiger partial charge in [-0.1, -0.05) is 6.92 Å². The van der Waals surface area contributed by atoms with E-state index in [-0.39, 0.29) is 5.41 Å². The van der Waals surface area contributed by atoms with Gasteiger partial charge in [0.25, 0.3) is 0 Å². The fraction of sp³-hybridized carbons (Fsp3) is 0.538. The zero-order chi connectivity index (χ0) is 11.8. The van der Waals surface area contributed by atoms with Crippen LogP contribution in [-0.2, 0) is 5.41 Å². The maximum atomic E-state index is 13.2. The van der Waals surface area contributed by atoms with E-state index in [0.717, 1.165) is 30.9 Å². The highest BCUT2D eigenvalue weighted by Gasteiger charge is 2.36. The molecule has 16 heavy (non-hydrogen) atoms. The Balaban J connectivity index is 2.29. The fourth-order valence-electron chi connectivity index (χ4n) is 2.65. The lowest BCUT2D eigenvalue weighted by atomic mass is 9.81. The highest BCUT2D eigenvalue weighted by molar-refractivity contribution is 5.28. The second-order valence-electron chi connectivity index (χ2n) is 4.95. The van der Waals surface area contributed by atoms with Crippen molar-refractivity contribution in [1.82, 2.24) is 5.32 Å². The minimum Gasteiger partial charge on any atom is -0.317 e. The summed E-state index contributed by atoms with van der Waals surface area (Å²) in [6.07, 6.45) is 2.97. The van der Waals surface area contributed by atoms with Gasteiger partial charge in [0.2, 0.25) is 0 Å². The summed E-state index contributed by atoms with van der Waals surface area (Å²) in [6, 6.07) is 4.30. The Morgan fingerprint density at radius 2 is 1.88 bits per heavy atom. The summed E-state index contributed by atoms with van der Waals surface area (Å²) in [4.78, 5) is 0. The highest BCUT2D eigenvalue weighted by atomic mass is 19.1. The van der Waals surface area contributed by atoms with Crippen LogP contribution in [0.5, 0.6) is 0 Å². The van der Waals surface area contributed by atoms with E-state index in [1.165, 1.54) is 12.1 Å². The Labute approximate surface area is 94.9 Å². The van der Waals surface area contributed by atoms with Crippen molar-refractivity contribution in [3.8, 4) is 0 Å². The smallest absolute Gasteiger partial charge is 0.126 e. The summed E-state index contributed by atoms with van der Waals surface area (Å²) in [7, 11) is 1.93. The summed E-state index contributed by atoms with van der Waals surface area (Å²) in [6.45, 7) is 2.08. The van der Waals surface area contributed by atoms with Gasteiger partial charge in [-0.25, -0.2) is 8.78 Å². The molecular weight excluding hydrogens is 208 g/mol. The van der Waals surface area contributed by atoms with Crippen molar-refractivity contribution in [3.05, 3.63) is 35.4 Å². The normalized spacial score (nSPS) is 29.6. The lowest BCUT2D eigenvalue weighted by Gasteiger charge is -2.25. The number of benzene rings is 1. The van der Waals surface area contributed by atoms with Crippen LogP contribution < -0.4 is 5.32 Å². The SMILES string of the molecule is CNC1CCC(C)(c2cc(F)cc(F)c2)C1. The molecule has 1 N–H and O–H groups in total. The summed E-state index contributed by atoms with van der Waals surface area (Å²) >= 11 is 0. The first-order valence-electron chi connectivity index (χ1n) is 5.67. The van der Waals surface area contributed by atoms with E-state index >= 15 is 0 Å². The number of hydrogen-bond acceptors (Lipinski definition) is 1. The Kier molecular flexibility index (Phi) is 2.98. The Hall–Kier alpha value is -0.960. The molecule has 2 atom stereocenters. The number of halogens is 2. The lowest BCUT2D eigenvalue weighted by molar-refractivity contribution is 0.458. The number of hydrogen-bond donors (Lipinski definition) is 1. The second-order valence-corrected chi connectivity index (χ2v) is 4.95. The van der Waals surface area contributed by atoms with Crippen molar-refractivity contribution in [1.29, 1.82) is 0 Å². The Morgan fingerprint density at radius 1 is 1.25 bits per heavy atom. The fourth-order valence-corrected chi connectivity index (χ4v) is 2.65. The summed E-state index contributed by atoms with van der Waals surface area (Å²) < 4.78 is 26.3. The highest BCUT2D eigenvalue weighted by Crippen LogP contribution is 2.41. The average Bonchev–Trinajstić information content (AvgIpc) is 2.60. The summed E-state index contributed by atoms with van der Waals surface area (Å²) in [5.41, 5.74) is 0.680. The van der Waals surface area contributed by atoms with Crippen LogP contribution >= 0.6 is 0 Å². The van der Waals surface area contributed by atoms with Crippen molar-refractivity contribution in [2.45, 2.75) is 37.6 Å². The number of rotatable bonds is 2. The third kappa shape index (κ3) is 2.09. The molecule has 88 valence electrons. The van der Waals surface area contributed by atoms with Crippen LogP contribution in [0.4, 0.5) is 8.78 Å². The van der Waals surface area contributed by atoms with Gasteiger partial charge in [0.05, 0.1) is 0 Å². The molecule has 0 spiro atoms. The van der Waals surface area contributed by atoms with E-state index in [0.29, 0.717) is 6.04 Å². The van der Waals surface area contributed by atoms with Crippen molar-refractivity contribution in [3.63, 3.8) is 0 Å². The van der Waals surface area contributed by atoms with Gasteiger partial charge >= 0.3 is 0 Å². The van der Waals surface area contributed by atoms with Crippen LogP contribution in [0, 0.1) is 11.6 Å². The number of nitrogens with one attached hydrogen (secondary N) is 1. The second kappa shape index (κ2) is 4.13. The maximum absolute atomic E-state index is 13.2. The molecule has 1 aromatic carbocycles. The van der Waals surface area contributed by atoms with Crippen LogP contribution in [0.3, 0.4) is 0 Å². The molecule has 0 bridgehead atoms. The molecule has 0 radical (unpaired) electrons. The van der Waals surface area contributed by atoms with Crippen LogP contribution in [0.1, 0.15) is 31.7 Å². The van der Waals surface area contributed by atoms with Crippen molar-refractivity contribution in [2.24, 2.45) is 0 Å². The standard InChI is InChI=1S/C13H17F2N/c1-13(4-3-12(8-13)16-2)9-5-10(14)7-11(15)6-9/h5-7,12,16H,3-4,8H2,1-2H3. The van der Waals surface area contributed by atoms with E-state index in [1.54, 1.807) is 0 Å². The minimum absolute atomic E-state index is 0.101. The summed E-state index contributed by atoms with van der Waals surface area (Å²) in [5.74, 6) is -0.965. The average molecular weight is 225 g/mol. The van der Waals surface area contributed by atoms with E-state index in [9.17, 15) is 8.78 Å². The molecule has 1 fully saturated rings. The third-order valence-electron chi connectivity index (χ3n) is 3.71. The largest absolute Gasteiger partial charge is 0.317 e. The van der Waals surface area contributed by atoms with Crippen molar-refractivity contribution >= 4 is 0 Å². The van der Waals surface area contributed by atoms with E-state index in [2.05, 4.69) is 12.2 Å².